The monoisotopic (exact) mass is 312 g/mol. The van der Waals surface area contributed by atoms with Gasteiger partial charge in [0.05, 0.1) is 37.5 Å². The number of rotatable bonds is 4. The molecule has 0 spiro atoms. The molecule has 1 aromatic carbocycles. The highest BCUT2D eigenvalue weighted by Crippen LogP contribution is 2.25. The Balaban J connectivity index is 2.20. The Bertz CT molecular complexity index is 553. The lowest BCUT2D eigenvalue weighted by atomic mass is 10.1. The molecule has 0 bridgehead atoms. The molecule has 5 nitrogen and oxygen atoms in total. The summed E-state index contributed by atoms with van der Waals surface area (Å²) < 4.78 is 24.1. The van der Waals surface area contributed by atoms with Gasteiger partial charge in [0.1, 0.15) is 10.8 Å². The summed E-state index contributed by atoms with van der Waals surface area (Å²) in [6.07, 6.45) is -0.140. The number of esters is 1. The van der Waals surface area contributed by atoms with E-state index in [1.54, 1.807) is 12.1 Å². The van der Waals surface area contributed by atoms with E-state index in [0.29, 0.717) is 25.4 Å². The van der Waals surface area contributed by atoms with E-state index in [-0.39, 0.29) is 29.0 Å². The van der Waals surface area contributed by atoms with Crippen molar-refractivity contribution in [2.24, 2.45) is 5.73 Å². The predicted octanol–water partition coefficient (Wildman–Crippen LogP) is 1.23. The molecule has 0 radical (unpaired) electrons. The Morgan fingerprint density at radius 1 is 1.62 bits per heavy atom. The molecule has 1 heterocycles. The molecule has 1 aromatic rings. The van der Waals surface area contributed by atoms with Crippen molar-refractivity contribution in [3.8, 4) is 0 Å². The second kappa shape index (κ2) is 6.82. The second-order valence-electron chi connectivity index (χ2n) is 4.72. The van der Waals surface area contributed by atoms with Crippen LogP contribution in [0.15, 0.2) is 18.2 Å². The van der Waals surface area contributed by atoms with E-state index in [2.05, 4.69) is 4.74 Å². The van der Waals surface area contributed by atoms with Crippen molar-refractivity contribution in [1.29, 1.82) is 0 Å². The SMILES string of the molecule is COC(=O)CC1CN(c2cccc(F)c2C(N)=S)CCO1. The van der Waals surface area contributed by atoms with Gasteiger partial charge in [0.2, 0.25) is 0 Å². The molecule has 0 amide bonds. The van der Waals surface area contributed by atoms with Crippen LogP contribution in [0.1, 0.15) is 12.0 Å². The van der Waals surface area contributed by atoms with Gasteiger partial charge >= 0.3 is 5.97 Å². The first-order valence-corrected chi connectivity index (χ1v) is 6.95. The van der Waals surface area contributed by atoms with Crippen LogP contribution >= 0.6 is 12.2 Å². The maximum Gasteiger partial charge on any atom is 0.308 e. The molecular weight excluding hydrogens is 295 g/mol. The molecule has 2 rings (SSSR count). The van der Waals surface area contributed by atoms with Crippen LogP contribution in [-0.4, -0.2) is 43.9 Å². The highest BCUT2D eigenvalue weighted by molar-refractivity contribution is 7.80. The zero-order valence-corrected chi connectivity index (χ0v) is 12.5. The average Bonchev–Trinajstić information content (AvgIpc) is 2.46. The van der Waals surface area contributed by atoms with Crippen molar-refractivity contribution in [2.45, 2.75) is 12.5 Å². The van der Waals surface area contributed by atoms with E-state index in [1.165, 1.54) is 13.2 Å². The number of hydrogen-bond acceptors (Lipinski definition) is 5. The molecule has 7 heteroatoms. The minimum atomic E-state index is -0.448. The van der Waals surface area contributed by atoms with Gasteiger partial charge in [-0.05, 0) is 12.1 Å². The number of benzene rings is 1. The van der Waals surface area contributed by atoms with Crippen molar-refractivity contribution in [3.63, 3.8) is 0 Å². The molecule has 0 aromatic heterocycles. The summed E-state index contributed by atoms with van der Waals surface area (Å²) in [7, 11) is 1.33. The van der Waals surface area contributed by atoms with Crippen LogP contribution < -0.4 is 10.6 Å². The third-order valence-electron chi connectivity index (χ3n) is 3.34. The van der Waals surface area contributed by atoms with Gasteiger partial charge in [-0.3, -0.25) is 4.79 Å². The van der Waals surface area contributed by atoms with Gasteiger partial charge in [-0.1, -0.05) is 18.3 Å². The summed E-state index contributed by atoms with van der Waals surface area (Å²) in [4.78, 5) is 13.3. The fourth-order valence-electron chi connectivity index (χ4n) is 2.35. The first-order valence-electron chi connectivity index (χ1n) is 6.54. The van der Waals surface area contributed by atoms with Gasteiger partial charge in [-0.2, -0.15) is 0 Å². The van der Waals surface area contributed by atoms with Crippen LogP contribution in [-0.2, 0) is 14.3 Å². The third-order valence-corrected chi connectivity index (χ3v) is 3.54. The number of ether oxygens (including phenoxy) is 2. The lowest BCUT2D eigenvalue weighted by molar-refractivity contribution is -0.144. The van der Waals surface area contributed by atoms with Crippen molar-refractivity contribution in [3.05, 3.63) is 29.6 Å². The van der Waals surface area contributed by atoms with Gasteiger partial charge < -0.3 is 20.1 Å². The van der Waals surface area contributed by atoms with E-state index in [4.69, 9.17) is 22.7 Å². The molecule has 2 N–H and O–H groups in total. The van der Waals surface area contributed by atoms with Crippen molar-refractivity contribution in [1.82, 2.24) is 0 Å². The highest BCUT2D eigenvalue weighted by Gasteiger charge is 2.26. The molecule has 1 aliphatic heterocycles. The number of thiocarbonyl (C=S) groups is 1. The normalized spacial score (nSPS) is 18.4. The summed E-state index contributed by atoms with van der Waals surface area (Å²) >= 11 is 4.93. The number of carbonyl (C=O) groups is 1. The number of hydrogen-bond donors (Lipinski definition) is 1. The minimum absolute atomic E-state index is 0.0131. The van der Waals surface area contributed by atoms with Gasteiger partial charge in [-0.25, -0.2) is 4.39 Å². The van der Waals surface area contributed by atoms with E-state index >= 15 is 0 Å². The lowest BCUT2D eigenvalue weighted by Crippen LogP contribution is -2.44. The Morgan fingerprint density at radius 2 is 2.38 bits per heavy atom. The summed E-state index contributed by atoms with van der Waals surface area (Å²) in [5.41, 5.74) is 6.47. The van der Waals surface area contributed by atoms with Gasteiger partial charge in [0.15, 0.2) is 0 Å². The summed E-state index contributed by atoms with van der Waals surface area (Å²) in [6, 6.07) is 4.69. The average molecular weight is 312 g/mol. The maximum atomic E-state index is 13.9. The molecule has 1 fully saturated rings. The Hall–Kier alpha value is -1.73. The van der Waals surface area contributed by atoms with Crippen LogP contribution in [0, 0.1) is 5.82 Å². The smallest absolute Gasteiger partial charge is 0.308 e. The summed E-state index contributed by atoms with van der Waals surface area (Å²) in [6.45, 7) is 1.47. The summed E-state index contributed by atoms with van der Waals surface area (Å²) in [5, 5.41) is 0. The maximum absolute atomic E-state index is 13.9. The Morgan fingerprint density at radius 3 is 3.05 bits per heavy atom. The first kappa shape index (κ1) is 15.7. The first-order chi connectivity index (χ1) is 10.0. The largest absolute Gasteiger partial charge is 0.469 e. The molecule has 0 saturated carbocycles. The zero-order valence-electron chi connectivity index (χ0n) is 11.7. The van der Waals surface area contributed by atoms with Crippen LogP contribution in [0.4, 0.5) is 10.1 Å². The van der Waals surface area contributed by atoms with E-state index in [1.807, 2.05) is 4.90 Å². The van der Waals surface area contributed by atoms with Crippen molar-refractivity contribution in [2.75, 3.05) is 31.7 Å². The van der Waals surface area contributed by atoms with Gasteiger partial charge in [0.25, 0.3) is 0 Å². The molecule has 0 aliphatic carbocycles. The molecule has 21 heavy (non-hydrogen) atoms. The Kier molecular flexibility index (Phi) is 5.08. The quantitative estimate of drug-likeness (QED) is 0.666. The van der Waals surface area contributed by atoms with Crippen LogP contribution in [0.5, 0.6) is 0 Å². The third kappa shape index (κ3) is 3.68. The molecule has 1 atom stereocenters. The molecule has 114 valence electrons. The van der Waals surface area contributed by atoms with Gasteiger partial charge in [-0.15, -0.1) is 0 Å². The van der Waals surface area contributed by atoms with E-state index in [9.17, 15) is 9.18 Å². The molecule has 1 saturated heterocycles. The lowest BCUT2D eigenvalue weighted by Gasteiger charge is -2.35. The van der Waals surface area contributed by atoms with Gasteiger partial charge in [0, 0.05) is 13.1 Å². The van der Waals surface area contributed by atoms with Crippen molar-refractivity contribution >= 4 is 28.9 Å². The number of anilines is 1. The molecule has 1 aliphatic rings. The standard InChI is InChI=1S/C14H17FN2O3S/c1-19-12(18)7-9-8-17(5-6-20-9)11-4-2-3-10(15)13(11)14(16)21/h2-4,9H,5-8H2,1H3,(H2,16,21). The highest BCUT2D eigenvalue weighted by atomic mass is 32.1. The fourth-order valence-corrected chi connectivity index (χ4v) is 2.55. The van der Waals surface area contributed by atoms with Crippen LogP contribution in [0.2, 0.25) is 0 Å². The molecular formula is C14H17FN2O3S. The number of halogens is 1. The molecule has 1 unspecified atom stereocenters. The fraction of sp³-hybridized carbons (Fsp3) is 0.429. The number of nitrogens with two attached hydrogens (primary N) is 1. The van der Waals surface area contributed by atoms with E-state index < -0.39 is 5.82 Å². The Labute approximate surface area is 127 Å². The number of carbonyl (C=O) groups excluding carboxylic acids is 1. The number of methoxy groups -OCH3 is 1. The predicted molar refractivity (Wildman–Crippen MR) is 80.9 cm³/mol. The van der Waals surface area contributed by atoms with Crippen LogP contribution in [0.3, 0.4) is 0 Å². The number of nitrogens with zero attached hydrogens (tertiary/aromatic N) is 1. The number of morpholine rings is 1. The topological polar surface area (TPSA) is 64.8 Å². The van der Waals surface area contributed by atoms with Crippen molar-refractivity contribution < 1.29 is 18.7 Å². The van der Waals surface area contributed by atoms with Crippen LogP contribution in [0.25, 0.3) is 0 Å². The summed E-state index contributed by atoms with van der Waals surface area (Å²) in [5.74, 6) is -0.785. The van der Waals surface area contributed by atoms with E-state index in [0.717, 1.165) is 0 Å². The second-order valence-corrected chi connectivity index (χ2v) is 5.16. The zero-order chi connectivity index (χ0) is 15.4. The minimum Gasteiger partial charge on any atom is -0.469 e.